The third-order valence-electron chi connectivity index (χ3n) is 3.39. The van der Waals surface area contributed by atoms with E-state index in [1.165, 1.54) is 12.8 Å². The molecule has 1 unspecified atom stereocenters. The Kier molecular flexibility index (Phi) is 5.20. The van der Waals surface area contributed by atoms with Crippen LogP contribution in [0.1, 0.15) is 30.6 Å². The van der Waals surface area contributed by atoms with Crippen molar-refractivity contribution in [1.29, 1.82) is 0 Å². The van der Waals surface area contributed by atoms with E-state index < -0.39 is 0 Å². The van der Waals surface area contributed by atoms with Gasteiger partial charge in [0.1, 0.15) is 0 Å². The molecule has 2 rings (SSSR count). The van der Waals surface area contributed by atoms with Crippen molar-refractivity contribution in [3.63, 3.8) is 0 Å². The van der Waals surface area contributed by atoms with E-state index >= 15 is 0 Å². The fraction of sp³-hybridized carbons (Fsp3) is 0.643. The Bertz CT molecular complexity index is 358. The van der Waals surface area contributed by atoms with Crippen LogP contribution in [-0.4, -0.2) is 37.1 Å². The molecule has 1 aliphatic rings. The second-order valence-electron chi connectivity index (χ2n) is 4.85. The first-order chi connectivity index (χ1) is 8.75. The number of carbonyl (C=O) groups is 1. The number of hydrogen-bond acceptors (Lipinski definition) is 3. The summed E-state index contributed by atoms with van der Waals surface area (Å²) in [5, 5.41) is 2.01. The molecule has 4 heteroatoms. The number of rotatable bonds is 5. The van der Waals surface area contributed by atoms with Crippen LogP contribution < -0.4 is 0 Å². The monoisotopic (exact) mass is 267 g/mol. The Morgan fingerprint density at radius 1 is 1.56 bits per heavy atom. The van der Waals surface area contributed by atoms with Gasteiger partial charge in [-0.25, -0.2) is 0 Å². The molecule has 1 atom stereocenters. The van der Waals surface area contributed by atoms with Crippen molar-refractivity contribution in [1.82, 2.24) is 4.90 Å². The predicted octanol–water partition coefficient (Wildman–Crippen LogP) is 2.71. The zero-order chi connectivity index (χ0) is 12.8. The maximum absolute atomic E-state index is 12.0. The molecule has 3 nitrogen and oxygen atoms in total. The van der Waals surface area contributed by atoms with Crippen molar-refractivity contribution in [2.45, 2.75) is 38.2 Å². The molecule has 1 aliphatic heterocycles. The van der Waals surface area contributed by atoms with E-state index in [0.717, 1.165) is 30.9 Å². The Morgan fingerprint density at radius 3 is 3.11 bits per heavy atom. The summed E-state index contributed by atoms with van der Waals surface area (Å²) in [5.41, 5.74) is 0. The van der Waals surface area contributed by atoms with Gasteiger partial charge in [0.05, 0.1) is 12.5 Å². The first-order valence-electron chi connectivity index (χ1n) is 6.63. The number of nitrogens with zero attached hydrogens (tertiary/aromatic N) is 1. The predicted molar refractivity (Wildman–Crippen MR) is 73.9 cm³/mol. The number of likely N-dealkylation sites (N-methyl/N-ethyl adjacent to an activating group) is 1. The average molecular weight is 267 g/mol. The van der Waals surface area contributed by atoms with Gasteiger partial charge in [0, 0.05) is 25.1 Å². The van der Waals surface area contributed by atoms with Gasteiger partial charge in [0.2, 0.25) is 5.91 Å². The summed E-state index contributed by atoms with van der Waals surface area (Å²) in [5.74, 6) is 0.202. The molecule has 0 radical (unpaired) electrons. The van der Waals surface area contributed by atoms with Crippen molar-refractivity contribution in [3.8, 4) is 0 Å². The molecule has 0 saturated carbocycles. The molecule has 0 N–H and O–H groups in total. The summed E-state index contributed by atoms with van der Waals surface area (Å²) >= 11 is 1.64. The van der Waals surface area contributed by atoms with E-state index in [2.05, 4.69) is 0 Å². The van der Waals surface area contributed by atoms with E-state index in [-0.39, 0.29) is 5.91 Å². The molecule has 0 bridgehead atoms. The van der Waals surface area contributed by atoms with Gasteiger partial charge in [0.25, 0.3) is 0 Å². The first-order valence-corrected chi connectivity index (χ1v) is 7.51. The SMILES string of the molecule is CN(CCC1CCCCO1)C(=O)Cc1cccs1. The molecule has 2 heterocycles. The van der Waals surface area contributed by atoms with Crippen molar-refractivity contribution in [3.05, 3.63) is 22.4 Å². The summed E-state index contributed by atoms with van der Waals surface area (Å²) in [6.07, 6.45) is 5.44. The highest BCUT2D eigenvalue weighted by molar-refractivity contribution is 7.10. The highest BCUT2D eigenvalue weighted by Crippen LogP contribution is 2.16. The largest absolute Gasteiger partial charge is 0.378 e. The molecule has 1 aromatic heterocycles. The molecule has 0 spiro atoms. The highest BCUT2D eigenvalue weighted by Gasteiger charge is 2.16. The number of ether oxygens (including phenoxy) is 1. The van der Waals surface area contributed by atoms with Gasteiger partial charge in [-0.2, -0.15) is 0 Å². The maximum atomic E-state index is 12.0. The normalized spacial score (nSPS) is 19.7. The van der Waals surface area contributed by atoms with Crippen LogP contribution in [-0.2, 0) is 16.0 Å². The van der Waals surface area contributed by atoms with Crippen molar-refractivity contribution >= 4 is 17.2 Å². The second-order valence-corrected chi connectivity index (χ2v) is 5.88. The van der Waals surface area contributed by atoms with Gasteiger partial charge in [0.15, 0.2) is 0 Å². The van der Waals surface area contributed by atoms with E-state index in [4.69, 9.17) is 4.74 Å². The molecule has 18 heavy (non-hydrogen) atoms. The molecular weight excluding hydrogens is 246 g/mol. The van der Waals surface area contributed by atoms with Crippen molar-refractivity contribution in [2.75, 3.05) is 20.2 Å². The Morgan fingerprint density at radius 2 is 2.44 bits per heavy atom. The second kappa shape index (κ2) is 6.90. The van der Waals surface area contributed by atoms with Gasteiger partial charge < -0.3 is 9.64 Å². The first kappa shape index (κ1) is 13.6. The summed E-state index contributed by atoms with van der Waals surface area (Å²) < 4.78 is 5.68. The van der Waals surface area contributed by atoms with Gasteiger partial charge in [-0.05, 0) is 37.1 Å². The van der Waals surface area contributed by atoms with E-state index in [1.807, 2.05) is 29.5 Å². The Balaban J connectivity index is 1.70. The molecule has 1 aromatic rings. The lowest BCUT2D eigenvalue weighted by atomic mass is 10.1. The molecule has 1 amide bonds. The highest BCUT2D eigenvalue weighted by atomic mass is 32.1. The summed E-state index contributed by atoms with van der Waals surface area (Å²) in [6.45, 7) is 1.69. The van der Waals surface area contributed by atoms with E-state index in [0.29, 0.717) is 12.5 Å². The quantitative estimate of drug-likeness (QED) is 0.821. The minimum atomic E-state index is 0.202. The van der Waals surface area contributed by atoms with Gasteiger partial charge >= 0.3 is 0 Å². The van der Waals surface area contributed by atoms with Gasteiger partial charge in [-0.15, -0.1) is 11.3 Å². The number of amides is 1. The van der Waals surface area contributed by atoms with Crippen LogP contribution in [0.3, 0.4) is 0 Å². The zero-order valence-corrected chi connectivity index (χ0v) is 11.7. The minimum absolute atomic E-state index is 0.202. The smallest absolute Gasteiger partial charge is 0.227 e. The van der Waals surface area contributed by atoms with Crippen molar-refractivity contribution < 1.29 is 9.53 Å². The summed E-state index contributed by atoms with van der Waals surface area (Å²) in [4.78, 5) is 14.9. The third kappa shape index (κ3) is 4.10. The van der Waals surface area contributed by atoms with Crippen LogP contribution in [0.15, 0.2) is 17.5 Å². The van der Waals surface area contributed by atoms with Gasteiger partial charge in [-0.1, -0.05) is 6.07 Å². The zero-order valence-electron chi connectivity index (χ0n) is 10.9. The van der Waals surface area contributed by atoms with Crippen LogP contribution in [0, 0.1) is 0 Å². The molecule has 100 valence electrons. The maximum Gasteiger partial charge on any atom is 0.227 e. The number of thiophene rings is 1. The van der Waals surface area contributed by atoms with E-state index in [1.54, 1.807) is 11.3 Å². The minimum Gasteiger partial charge on any atom is -0.378 e. The molecule has 0 aliphatic carbocycles. The van der Waals surface area contributed by atoms with Crippen LogP contribution in [0.4, 0.5) is 0 Å². The summed E-state index contributed by atoms with van der Waals surface area (Å²) in [7, 11) is 1.89. The Labute approximate surface area is 113 Å². The average Bonchev–Trinajstić information content (AvgIpc) is 2.90. The summed E-state index contributed by atoms with van der Waals surface area (Å²) in [6, 6.07) is 4.00. The Hall–Kier alpha value is -0.870. The van der Waals surface area contributed by atoms with Gasteiger partial charge in [-0.3, -0.25) is 4.79 Å². The molecule has 0 aromatic carbocycles. The lowest BCUT2D eigenvalue weighted by Crippen LogP contribution is -2.32. The fourth-order valence-electron chi connectivity index (χ4n) is 2.19. The molecule has 1 saturated heterocycles. The lowest BCUT2D eigenvalue weighted by Gasteiger charge is -2.25. The van der Waals surface area contributed by atoms with Crippen LogP contribution in [0.25, 0.3) is 0 Å². The standard InChI is InChI=1S/C14H21NO2S/c1-15(8-7-12-5-2-3-9-17-12)14(16)11-13-6-4-10-18-13/h4,6,10,12H,2-3,5,7-9,11H2,1H3. The van der Waals surface area contributed by atoms with E-state index in [9.17, 15) is 4.79 Å². The van der Waals surface area contributed by atoms with Crippen LogP contribution in [0.2, 0.25) is 0 Å². The number of hydrogen-bond donors (Lipinski definition) is 0. The third-order valence-corrected chi connectivity index (χ3v) is 4.27. The van der Waals surface area contributed by atoms with Crippen molar-refractivity contribution in [2.24, 2.45) is 0 Å². The molecular formula is C14H21NO2S. The lowest BCUT2D eigenvalue weighted by molar-refractivity contribution is -0.129. The van der Waals surface area contributed by atoms with Crippen LogP contribution in [0.5, 0.6) is 0 Å². The topological polar surface area (TPSA) is 29.5 Å². The van der Waals surface area contributed by atoms with Crippen LogP contribution >= 0.6 is 11.3 Å². The fourth-order valence-corrected chi connectivity index (χ4v) is 2.89. The molecule has 1 fully saturated rings. The number of carbonyl (C=O) groups excluding carboxylic acids is 1.